The largest absolute Gasteiger partial charge is 0.376 e. The molecule has 0 fully saturated rings. The molecule has 4 nitrogen and oxygen atoms in total. The lowest BCUT2D eigenvalue weighted by molar-refractivity contribution is 0.247. The Hall–Kier alpha value is -1.50. The zero-order valence-corrected chi connectivity index (χ0v) is 12.6. The van der Waals surface area contributed by atoms with Crippen molar-refractivity contribution in [2.75, 3.05) is 11.9 Å². The Morgan fingerprint density at radius 2 is 2.20 bits per heavy atom. The summed E-state index contributed by atoms with van der Waals surface area (Å²) in [5, 5.41) is 4.01. The third-order valence-electron chi connectivity index (χ3n) is 3.29. The molecule has 2 heterocycles. The summed E-state index contributed by atoms with van der Waals surface area (Å²) < 4.78 is 0. The topological polar surface area (TPSA) is 54.2 Å². The van der Waals surface area contributed by atoms with Crippen molar-refractivity contribution >= 4 is 33.8 Å². The fraction of sp³-hybridized carbons (Fsp3) is 0.286. The molecule has 1 aliphatic rings. The average Bonchev–Trinajstić information content (AvgIpc) is 2.80. The number of hydrogen-bond acceptors (Lipinski definition) is 4. The second-order valence-corrected chi connectivity index (χ2v) is 6.35. The number of anilines is 1. The number of nitrogens with zero attached hydrogens (tertiary/aromatic N) is 2. The SMILES string of the molecule is NC(=S)Nc1nc2c(s1)CN(Cc1ccccc1)CC2. The van der Waals surface area contributed by atoms with E-state index in [1.165, 1.54) is 16.1 Å². The zero-order valence-electron chi connectivity index (χ0n) is 11.0. The highest BCUT2D eigenvalue weighted by Crippen LogP contribution is 2.28. The smallest absolute Gasteiger partial charge is 0.189 e. The molecule has 0 atom stereocenters. The average molecular weight is 304 g/mol. The van der Waals surface area contributed by atoms with Gasteiger partial charge in [-0.1, -0.05) is 30.3 Å². The fourth-order valence-corrected chi connectivity index (χ4v) is 3.61. The van der Waals surface area contributed by atoms with Crippen molar-refractivity contribution in [1.29, 1.82) is 0 Å². The van der Waals surface area contributed by atoms with Crippen LogP contribution >= 0.6 is 23.6 Å². The first-order valence-electron chi connectivity index (χ1n) is 6.52. The third-order valence-corrected chi connectivity index (χ3v) is 4.39. The van der Waals surface area contributed by atoms with Gasteiger partial charge in [0.25, 0.3) is 0 Å². The first-order valence-corrected chi connectivity index (χ1v) is 7.74. The molecule has 2 aromatic rings. The summed E-state index contributed by atoms with van der Waals surface area (Å²) in [4.78, 5) is 8.30. The Kier molecular flexibility index (Phi) is 3.95. The van der Waals surface area contributed by atoms with Crippen LogP contribution in [0.1, 0.15) is 16.1 Å². The minimum Gasteiger partial charge on any atom is -0.376 e. The minimum absolute atomic E-state index is 0.275. The number of fused-ring (bicyclic) bond motifs is 1. The quantitative estimate of drug-likeness (QED) is 0.853. The van der Waals surface area contributed by atoms with Gasteiger partial charge in [0.2, 0.25) is 0 Å². The second kappa shape index (κ2) is 5.87. The van der Waals surface area contributed by atoms with Crippen molar-refractivity contribution < 1.29 is 0 Å². The van der Waals surface area contributed by atoms with Crippen LogP contribution < -0.4 is 11.1 Å². The van der Waals surface area contributed by atoms with Gasteiger partial charge in [0.1, 0.15) is 0 Å². The maximum Gasteiger partial charge on any atom is 0.189 e. The van der Waals surface area contributed by atoms with Crippen LogP contribution in [0.25, 0.3) is 0 Å². The summed E-state index contributed by atoms with van der Waals surface area (Å²) in [5.41, 5.74) is 8.02. The molecule has 0 amide bonds. The van der Waals surface area contributed by atoms with E-state index in [0.29, 0.717) is 0 Å². The van der Waals surface area contributed by atoms with Crippen molar-refractivity contribution in [3.63, 3.8) is 0 Å². The Balaban J connectivity index is 1.69. The Bertz CT molecular complexity index is 609. The molecule has 0 aliphatic carbocycles. The zero-order chi connectivity index (χ0) is 13.9. The number of benzene rings is 1. The third kappa shape index (κ3) is 3.15. The van der Waals surface area contributed by atoms with Crippen LogP contribution in [0.2, 0.25) is 0 Å². The maximum atomic E-state index is 5.49. The van der Waals surface area contributed by atoms with Gasteiger partial charge in [-0.05, 0) is 17.8 Å². The van der Waals surface area contributed by atoms with Crippen LogP contribution in [0.5, 0.6) is 0 Å². The van der Waals surface area contributed by atoms with E-state index in [-0.39, 0.29) is 5.11 Å². The van der Waals surface area contributed by atoms with Gasteiger partial charge in [0, 0.05) is 30.9 Å². The van der Waals surface area contributed by atoms with Gasteiger partial charge in [-0.15, -0.1) is 11.3 Å². The summed E-state index contributed by atoms with van der Waals surface area (Å²) in [6.45, 7) is 2.97. The van der Waals surface area contributed by atoms with E-state index < -0.39 is 0 Å². The van der Waals surface area contributed by atoms with Crippen LogP contribution in [-0.4, -0.2) is 21.5 Å². The lowest BCUT2D eigenvalue weighted by Crippen LogP contribution is -2.29. The van der Waals surface area contributed by atoms with E-state index in [2.05, 4.69) is 45.5 Å². The molecule has 0 saturated heterocycles. The van der Waals surface area contributed by atoms with Gasteiger partial charge in [0.15, 0.2) is 10.2 Å². The summed E-state index contributed by atoms with van der Waals surface area (Å²) in [5.74, 6) is 0. The molecule has 0 radical (unpaired) electrons. The molecule has 0 spiro atoms. The number of thiazole rings is 1. The summed E-state index contributed by atoms with van der Waals surface area (Å²) in [7, 11) is 0. The molecule has 1 aromatic carbocycles. The number of nitrogens with two attached hydrogens (primary N) is 1. The van der Waals surface area contributed by atoms with Crippen LogP contribution in [-0.2, 0) is 19.5 Å². The molecule has 104 valence electrons. The predicted molar refractivity (Wildman–Crippen MR) is 86.8 cm³/mol. The monoisotopic (exact) mass is 304 g/mol. The molecular formula is C14H16N4S2. The van der Waals surface area contributed by atoms with E-state index in [1.54, 1.807) is 11.3 Å². The van der Waals surface area contributed by atoms with Crippen LogP contribution in [0.15, 0.2) is 30.3 Å². The summed E-state index contributed by atoms with van der Waals surface area (Å²) in [6, 6.07) is 10.6. The Morgan fingerprint density at radius 1 is 1.40 bits per heavy atom. The van der Waals surface area contributed by atoms with Crippen LogP contribution in [0.3, 0.4) is 0 Å². The number of nitrogens with one attached hydrogen (secondary N) is 1. The van der Waals surface area contributed by atoms with Crippen molar-refractivity contribution in [3.8, 4) is 0 Å². The van der Waals surface area contributed by atoms with E-state index in [9.17, 15) is 0 Å². The molecule has 1 aromatic heterocycles. The summed E-state index contributed by atoms with van der Waals surface area (Å²) in [6.07, 6.45) is 0.984. The van der Waals surface area contributed by atoms with Gasteiger partial charge < -0.3 is 11.1 Å². The van der Waals surface area contributed by atoms with Gasteiger partial charge in [-0.2, -0.15) is 0 Å². The highest BCUT2D eigenvalue weighted by Gasteiger charge is 2.20. The number of hydrogen-bond donors (Lipinski definition) is 2. The standard InChI is InChI=1S/C14H16N4S2/c15-13(19)17-14-16-11-6-7-18(9-12(11)20-14)8-10-4-2-1-3-5-10/h1-5H,6-9H2,(H3,15,16,17,19). The highest BCUT2D eigenvalue weighted by molar-refractivity contribution is 7.80. The molecular weight excluding hydrogens is 288 g/mol. The molecule has 0 bridgehead atoms. The van der Waals surface area contributed by atoms with Crippen LogP contribution in [0, 0.1) is 0 Å². The van der Waals surface area contributed by atoms with Crippen LogP contribution in [0.4, 0.5) is 5.13 Å². The summed E-state index contributed by atoms with van der Waals surface area (Å²) >= 11 is 6.50. The molecule has 0 saturated carbocycles. The lowest BCUT2D eigenvalue weighted by Gasteiger charge is -2.25. The molecule has 6 heteroatoms. The fourth-order valence-electron chi connectivity index (χ4n) is 2.38. The molecule has 3 rings (SSSR count). The molecule has 20 heavy (non-hydrogen) atoms. The first-order chi connectivity index (χ1) is 9.70. The van der Waals surface area contributed by atoms with Gasteiger partial charge in [0.05, 0.1) is 5.69 Å². The number of rotatable bonds is 3. The number of thiocarbonyl (C=S) groups is 1. The Morgan fingerprint density at radius 3 is 2.95 bits per heavy atom. The first kappa shape index (κ1) is 13.5. The van der Waals surface area contributed by atoms with Gasteiger partial charge in [-0.25, -0.2) is 4.98 Å². The lowest BCUT2D eigenvalue weighted by atomic mass is 10.1. The van der Waals surface area contributed by atoms with Gasteiger partial charge >= 0.3 is 0 Å². The van der Waals surface area contributed by atoms with Crippen molar-refractivity contribution in [2.24, 2.45) is 5.73 Å². The molecule has 0 unspecified atom stereocenters. The Labute approximate surface area is 127 Å². The van der Waals surface area contributed by atoms with E-state index >= 15 is 0 Å². The van der Waals surface area contributed by atoms with E-state index in [1.807, 2.05) is 0 Å². The predicted octanol–water partition coefficient (Wildman–Crippen LogP) is 2.36. The van der Waals surface area contributed by atoms with Crippen molar-refractivity contribution in [2.45, 2.75) is 19.5 Å². The molecule has 3 N–H and O–H groups in total. The van der Waals surface area contributed by atoms with Crippen molar-refractivity contribution in [1.82, 2.24) is 9.88 Å². The normalized spacial score (nSPS) is 14.8. The second-order valence-electron chi connectivity index (χ2n) is 4.82. The maximum absolute atomic E-state index is 5.49. The van der Waals surface area contributed by atoms with Crippen molar-refractivity contribution in [3.05, 3.63) is 46.5 Å². The van der Waals surface area contributed by atoms with Gasteiger partial charge in [-0.3, -0.25) is 4.90 Å². The highest BCUT2D eigenvalue weighted by atomic mass is 32.1. The minimum atomic E-state index is 0.275. The van der Waals surface area contributed by atoms with E-state index in [0.717, 1.165) is 31.2 Å². The number of aromatic nitrogens is 1. The molecule has 1 aliphatic heterocycles. The van der Waals surface area contributed by atoms with E-state index in [4.69, 9.17) is 18.0 Å².